The molecule has 0 radical (unpaired) electrons. The standard InChI is InChI=1S/C33H41N2O3S3/c1-10-34-23-14-25(36-6)26(37-7)16-28(23)40-31(34)12-21-18-33(4,5)19-22(20(21)3)13-32-35(11-2)24-15-27(38-8)30(39-9)17-29(24)41-32/h12-17H,10-11,18-19H2,1-9H3/q+1. The van der Waals surface area contributed by atoms with E-state index in [4.69, 9.17) is 14.2 Å². The predicted molar refractivity (Wildman–Crippen MR) is 176 cm³/mol. The van der Waals surface area contributed by atoms with E-state index in [0.29, 0.717) is 0 Å². The number of hydrogen-bond donors (Lipinski definition) is 0. The van der Waals surface area contributed by atoms with E-state index >= 15 is 0 Å². The summed E-state index contributed by atoms with van der Waals surface area (Å²) in [6.45, 7) is 13.3. The topological polar surface area (TPSA) is 34.8 Å². The maximum Gasteiger partial charge on any atom is 0.263 e. The second kappa shape index (κ2) is 12.0. The summed E-state index contributed by atoms with van der Waals surface area (Å²) in [6, 6.07) is 8.68. The SMILES string of the molecule is CCN1/C(=C/C2=C(C)C(=C/c3sc4cc(OC)c(OC)cc4[n+]3CC)/CC(C)(C)C2)Sc2cc(SC)c(OC)cc21. The first kappa shape index (κ1) is 29.9. The molecule has 0 bridgehead atoms. The monoisotopic (exact) mass is 609 g/mol. The molecule has 5 nitrogen and oxygen atoms in total. The molecule has 0 N–H and O–H groups in total. The van der Waals surface area contributed by atoms with Crippen molar-refractivity contribution in [2.45, 2.75) is 63.8 Å². The van der Waals surface area contributed by atoms with E-state index in [0.717, 1.165) is 43.2 Å². The molecule has 0 unspecified atom stereocenters. The highest BCUT2D eigenvalue weighted by molar-refractivity contribution is 8.03. The predicted octanol–water partition coefficient (Wildman–Crippen LogP) is 8.95. The molecule has 1 aliphatic heterocycles. The van der Waals surface area contributed by atoms with Crippen molar-refractivity contribution >= 4 is 56.8 Å². The first-order valence-corrected chi connectivity index (χ1v) is 16.9. The number of hydrogen-bond acceptors (Lipinski definition) is 7. The number of ether oxygens (including phenoxy) is 3. The number of aromatic nitrogens is 1. The van der Waals surface area contributed by atoms with Gasteiger partial charge in [0.2, 0.25) is 5.52 Å². The number of rotatable bonds is 8. The fourth-order valence-electron chi connectivity index (χ4n) is 5.91. The van der Waals surface area contributed by atoms with Crippen LogP contribution in [0.5, 0.6) is 17.2 Å². The van der Waals surface area contributed by atoms with Gasteiger partial charge in [0.15, 0.2) is 11.5 Å². The fourth-order valence-corrected chi connectivity index (χ4v) is 8.98. The Balaban J connectivity index is 1.59. The van der Waals surface area contributed by atoms with Crippen molar-refractivity contribution in [2.24, 2.45) is 5.41 Å². The Morgan fingerprint density at radius 3 is 2.32 bits per heavy atom. The summed E-state index contributed by atoms with van der Waals surface area (Å²) >= 11 is 5.42. The highest BCUT2D eigenvalue weighted by atomic mass is 32.2. The number of fused-ring (bicyclic) bond motifs is 2. The quantitative estimate of drug-likeness (QED) is 0.187. The number of thioether (sulfide) groups is 2. The van der Waals surface area contributed by atoms with Crippen LogP contribution in [0, 0.1) is 5.41 Å². The Bertz CT molecular complexity index is 1580. The van der Waals surface area contributed by atoms with Gasteiger partial charge >= 0.3 is 0 Å². The summed E-state index contributed by atoms with van der Waals surface area (Å²) in [5.41, 5.74) is 6.81. The molecule has 0 spiro atoms. The van der Waals surface area contributed by atoms with Gasteiger partial charge in [0.25, 0.3) is 5.01 Å². The van der Waals surface area contributed by atoms with Crippen molar-refractivity contribution in [3.05, 3.63) is 57.1 Å². The fraction of sp³-hybridized carbons (Fsp3) is 0.424. The summed E-state index contributed by atoms with van der Waals surface area (Å²) in [6.07, 6.45) is 9.08. The van der Waals surface area contributed by atoms with Crippen molar-refractivity contribution < 1.29 is 18.8 Å². The summed E-state index contributed by atoms with van der Waals surface area (Å²) in [7, 11) is 5.15. The Kier molecular flexibility index (Phi) is 8.74. The number of nitrogens with zero attached hydrogens (tertiary/aromatic N) is 2. The van der Waals surface area contributed by atoms with Gasteiger partial charge in [0.05, 0.1) is 43.0 Å². The molecule has 2 heterocycles. The zero-order chi connectivity index (χ0) is 29.5. The second-order valence-electron chi connectivity index (χ2n) is 11.2. The van der Waals surface area contributed by atoms with Gasteiger partial charge in [0, 0.05) is 29.6 Å². The molecule has 1 aliphatic carbocycles. The van der Waals surface area contributed by atoms with Crippen LogP contribution in [-0.2, 0) is 6.54 Å². The van der Waals surface area contributed by atoms with Gasteiger partial charge in [-0.1, -0.05) is 36.9 Å². The lowest BCUT2D eigenvalue weighted by Gasteiger charge is -2.33. The van der Waals surface area contributed by atoms with Crippen LogP contribution >= 0.6 is 34.9 Å². The van der Waals surface area contributed by atoms with E-state index in [2.05, 4.69) is 86.8 Å². The van der Waals surface area contributed by atoms with E-state index in [-0.39, 0.29) is 5.41 Å². The van der Waals surface area contributed by atoms with Crippen LogP contribution in [-0.4, -0.2) is 34.1 Å². The average Bonchev–Trinajstić information content (AvgIpc) is 3.48. The highest BCUT2D eigenvalue weighted by Crippen LogP contribution is 2.51. The molecule has 8 heteroatoms. The first-order valence-electron chi connectivity index (χ1n) is 14.1. The van der Waals surface area contributed by atoms with Gasteiger partial charge in [-0.25, -0.2) is 0 Å². The van der Waals surface area contributed by atoms with Crippen LogP contribution < -0.4 is 23.7 Å². The molecular formula is C33H41N2O3S3+. The largest absolute Gasteiger partial charge is 0.496 e. The molecule has 41 heavy (non-hydrogen) atoms. The minimum absolute atomic E-state index is 0.167. The normalized spacial score (nSPS) is 18.5. The Hall–Kier alpha value is -2.55. The molecule has 3 aromatic rings. The molecule has 2 aliphatic rings. The average molecular weight is 610 g/mol. The number of methoxy groups -OCH3 is 3. The number of benzene rings is 2. The van der Waals surface area contributed by atoms with Crippen molar-refractivity contribution in [1.82, 2.24) is 0 Å². The second-order valence-corrected chi connectivity index (χ2v) is 14.2. The molecule has 218 valence electrons. The highest BCUT2D eigenvalue weighted by Gasteiger charge is 2.32. The third-order valence-electron chi connectivity index (χ3n) is 8.00. The van der Waals surface area contributed by atoms with Gasteiger partial charge in [-0.3, -0.25) is 0 Å². The smallest absolute Gasteiger partial charge is 0.263 e. The van der Waals surface area contributed by atoms with E-state index < -0.39 is 0 Å². The molecule has 5 rings (SSSR count). The lowest BCUT2D eigenvalue weighted by molar-refractivity contribution is -0.665. The Morgan fingerprint density at radius 1 is 0.976 bits per heavy atom. The van der Waals surface area contributed by atoms with Crippen molar-refractivity contribution in [2.75, 3.05) is 39.0 Å². The molecule has 0 atom stereocenters. The number of allylic oxidation sites excluding steroid dienone is 4. The van der Waals surface area contributed by atoms with E-state index in [1.165, 1.54) is 52.5 Å². The van der Waals surface area contributed by atoms with Gasteiger partial charge in [0.1, 0.15) is 17.0 Å². The van der Waals surface area contributed by atoms with Crippen LogP contribution in [0.1, 0.15) is 52.5 Å². The lowest BCUT2D eigenvalue weighted by Crippen LogP contribution is -2.33. The lowest BCUT2D eigenvalue weighted by atomic mass is 9.72. The van der Waals surface area contributed by atoms with Crippen LogP contribution in [0.4, 0.5) is 5.69 Å². The number of aryl methyl sites for hydroxylation is 1. The van der Waals surface area contributed by atoms with Crippen LogP contribution in [0.3, 0.4) is 0 Å². The molecule has 0 amide bonds. The van der Waals surface area contributed by atoms with E-state index in [1.807, 2.05) is 23.1 Å². The van der Waals surface area contributed by atoms with Gasteiger partial charge < -0.3 is 19.1 Å². The molecule has 0 saturated carbocycles. The summed E-state index contributed by atoms with van der Waals surface area (Å²) in [4.78, 5) is 4.90. The maximum absolute atomic E-state index is 5.71. The van der Waals surface area contributed by atoms with Gasteiger partial charge in [-0.05, 0) is 74.1 Å². The van der Waals surface area contributed by atoms with E-state index in [9.17, 15) is 0 Å². The first-order chi connectivity index (χ1) is 19.7. The summed E-state index contributed by atoms with van der Waals surface area (Å²) in [5, 5.41) is 2.55. The molecule has 0 fully saturated rings. The zero-order valence-electron chi connectivity index (χ0n) is 25.6. The van der Waals surface area contributed by atoms with Crippen LogP contribution in [0.15, 0.2) is 61.9 Å². The zero-order valence-corrected chi connectivity index (χ0v) is 28.1. The summed E-state index contributed by atoms with van der Waals surface area (Å²) in [5.74, 6) is 2.48. The minimum atomic E-state index is 0.167. The van der Waals surface area contributed by atoms with Crippen molar-refractivity contribution in [1.29, 1.82) is 0 Å². The van der Waals surface area contributed by atoms with Crippen molar-refractivity contribution in [3.63, 3.8) is 0 Å². The third-order valence-corrected chi connectivity index (χ3v) is 10.9. The van der Waals surface area contributed by atoms with E-state index in [1.54, 1.807) is 33.1 Å². The third kappa shape index (κ3) is 5.63. The maximum atomic E-state index is 5.71. The Morgan fingerprint density at radius 2 is 1.68 bits per heavy atom. The molecule has 2 aromatic carbocycles. The number of thiazole rings is 1. The molecule has 0 saturated heterocycles. The molecular weight excluding hydrogens is 569 g/mol. The van der Waals surface area contributed by atoms with Crippen LogP contribution in [0.2, 0.25) is 0 Å². The van der Waals surface area contributed by atoms with Crippen molar-refractivity contribution in [3.8, 4) is 17.2 Å². The number of anilines is 1. The van der Waals surface area contributed by atoms with Gasteiger partial charge in [-0.2, -0.15) is 4.57 Å². The van der Waals surface area contributed by atoms with Crippen LogP contribution in [0.25, 0.3) is 16.3 Å². The minimum Gasteiger partial charge on any atom is -0.496 e. The molecule has 1 aromatic heterocycles. The summed E-state index contributed by atoms with van der Waals surface area (Å²) < 4.78 is 20.5. The Labute approximate surface area is 257 Å². The van der Waals surface area contributed by atoms with Gasteiger partial charge in [-0.15, -0.1) is 11.8 Å².